The van der Waals surface area contributed by atoms with Crippen molar-refractivity contribution in [1.82, 2.24) is 4.98 Å². The quantitative estimate of drug-likeness (QED) is 0.0725. The Morgan fingerprint density at radius 2 is 1.35 bits per heavy atom. The van der Waals surface area contributed by atoms with Gasteiger partial charge in [-0.3, -0.25) is 0 Å². The lowest BCUT2D eigenvalue weighted by Crippen LogP contribution is -2.25. The van der Waals surface area contributed by atoms with E-state index < -0.39 is 0 Å². The molecule has 2 aromatic heterocycles. The third-order valence-electron chi connectivity index (χ3n) is 11.1. The van der Waals surface area contributed by atoms with Crippen LogP contribution in [0, 0.1) is 17.8 Å². The van der Waals surface area contributed by atoms with Gasteiger partial charge in [-0.25, -0.2) is 9.78 Å². The third-order valence-corrected chi connectivity index (χ3v) is 13.1. The number of benzene rings is 3. The number of rotatable bonds is 12. The second-order valence-corrected chi connectivity index (χ2v) is 16.2. The van der Waals surface area contributed by atoms with Gasteiger partial charge in [0.05, 0.1) is 21.6 Å². The maximum Gasteiger partial charge on any atom is 0.343 e. The maximum atomic E-state index is 12.9. The van der Waals surface area contributed by atoms with Crippen molar-refractivity contribution in [2.45, 2.75) is 84.5 Å². The van der Waals surface area contributed by atoms with Crippen molar-refractivity contribution in [3.63, 3.8) is 0 Å². The molecule has 7 rings (SSSR count). The van der Waals surface area contributed by atoms with Crippen molar-refractivity contribution in [3.8, 4) is 5.75 Å². The number of anilines is 1. The first-order valence-corrected chi connectivity index (χ1v) is 20.6. The predicted octanol–water partition coefficient (Wildman–Crippen LogP) is 13.7. The van der Waals surface area contributed by atoms with Crippen LogP contribution in [0.1, 0.15) is 100 Å². The normalized spacial score (nSPS) is 20.9. The van der Waals surface area contributed by atoms with Crippen LogP contribution in [0.25, 0.3) is 9.53 Å². The topological polar surface area (TPSA) is 91.9 Å². The number of hydrogen-bond acceptors (Lipinski definition) is 10. The molecule has 0 saturated heterocycles. The van der Waals surface area contributed by atoms with E-state index in [9.17, 15) is 4.79 Å². The number of ether oxygens (including phenoxy) is 1. The number of hydrogen-bond donors (Lipinski definition) is 0. The minimum Gasteiger partial charge on any atom is -0.423 e. The van der Waals surface area contributed by atoms with E-state index in [1.807, 2.05) is 30.3 Å². The monoisotopic (exact) mass is 732 g/mol. The molecule has 0 spiro atoms. The average molecular weight is 733 g/mol. The highest BCUT2D eigenvalue weighted by atomic mass is 32.1. The van der Waals surface area contributed by atoms with Gasteiger partial charge in [0.2, 0.25) is 5.13 Å². The highest BCUT2D eigenvalue weighted by molar-refractivity contribution is 7.30. The van der Waals surface area contributed by atoms with Crippen LogP contribution in [-0.4, -0.2) is 24.0 Å². The van der Waals surface area contributed by atoms with Gasteiger partial charge in [0.1, 0.15) is 15.6 Å². The number of esters is 1. The Labute approximate surface area is 315 Å². The lowest BCUT2D eigenvalue weighted by Gasteiger charge is -2.38. The number of nitrogens with zero attached hydrogens (tertiary/aromatic N) is 6. The first kappa shape index (κ1) is 36.1. The molecular weight excluding hydrogens is 685 g/mol. The Balaban J connectivity index is 0.876. The molecule has 10 heteroatoms. The molecule has 2 aliphatic carbocycles. The van der Waals surface area contributed by atoms with Crippen molar-refractivity contribution >= 4 is 65.4 Å². The van der Waals surface area contributed by atoms with Gasteiger partial charge in [-0.1, -0.05) is 61.0 Å². The van der Waals surface area contributed by atoms with Crippen LogP contribution in [0.15, 0.2) is 99.3 Å². The van der Waals surface area contributed by atoms with Crippen LogP contribution < -0.4 is 9.64 Å². The van der Waals surface area contributed by atoms with E-state index in [1.165, 1.54) is 91.7 Å². The molecule has 2 fully saturated rings. The third kappa shape index (κ3) is 8.84. The molecule has 8 nitrogen and oxygen atoms in total. The van der Waals surface area contributed by atoms with E-state index in [0.717, 1.165) is 51.1 Å². The summed E-state index contributed by atoms with van der Waals surface area (Å²) in [5.74, 6) is 3.53. The summed E-state index contributed by atoms with van der Waals surface area (Å²) in [7, 11) is 0. The molecule has 2 aliphatic rings. The summed E-state index contributed by atoms with van der Waals surface area (Å²) in [4.78, 5) is 20.7. The van der Waals surface area contributed by atoms with Crippen LogP contribution in [0.4, 0.5) is 27.2 Å². The van der Waals surface area contributed by atoms with Gasteiger partial charge in [-0.15, -0.1) is 20.5 Å². The molecule has 2 heterocycles. The Kier molecular flexibility index (Phi) is 11.8. The van der Waals surface area contributed by atoms with E-state index in [0.29, 0.717) is 28.0 Å². The van der Waals surface area contributed by atoms with Crippen molar-refractivity contribution in [1.29, 1.82) is 0 Å². The predicted molar refractivity (Wildman–Crippen MR) is 214 cm³/mol. The van der Waals surface area contributed by atoms with Crippen molar-refractivity contribution in [3.05, 3.63) is 90.0 Å². The van der Waals surface area contributed by atoms with Gasteiger partial charge >= 0.3 is 5.97 Å². The fraction of sp³-hybridized carbons (Fsp3) is 0.429. The Hall–Kier alpha value is -4.28. The summed E-state index contributed by atoms with van der Waals surface area (Å²) in [5, 5.41) is 18.9. The first-order valence-electron chi connectivity index (χ1n) is 19.0. The summed E-state index contributed by atoms with van der Waals surface area (Å²) < 4.78 is 6.67. The highest BCUT2D eigenvalue weighted by Crippen LogP contribution is 2.44. The van der Waals surface area contributed by atoms with Gasteiger partial charge < -0.3 is 9.64 Å². The lowest BCUT2D eigenvalue weighted by atomic mass is 9.68. The Morgan fingerprint density at radius 3 is 1.96 bits per heavy atom. The number of thiophene rings is 1. The molecule has 2 saturated carbocycles. The Morgan fingerprint density at radius 1 is 0.731 bits per heavy atom. The molecule has 0 atom stereocenters. The standard InChI is InChI=1S/C42H48N6O2S2/c1-4-28-7-9-29(10-8-28)30-11-13-31(14-12-30)32-15-17-33(18-16-32)41(49)50-37-25-21-35(22-26-37)44-46-39-27-38-40(52-39)43-42(51-38)47-45-34-19-23-36(24-20-34)48(5-2)6-3/h15-31H,4-14H2,1-3H3. The van der Waals surface area contributed by atoms with E-state index in [1.54, 1.807) is 24.3 Å². The summed E-state index contributed by atoms with van der Waals surface area (Å²) in [6.45, 7) is 8.58. The van der Waals surface area contributed by atoms with Crippen molar-refractivity contribution < 1.29 is 9.53 Å². The van der Waals surface area contributed by atoms with Crippen LogP contribution in [0.3, 0.4) is 0 Å². The summed E-state index contributed by atoms with van der Waals surface area (Å²) in [6, 6.07) is 25.2. The van der Waals surface area contributed by atoms with E-state index >= 15 is 0 Å². The summed E-state index contributed by atoms with van der Waals surface area (Å²) in [6.07, 6.45) is 12.3. The van der Waals surface area contributed by atoms with Crippen LogP contribution in [0.5, 0.6) is 5.75 Å². The number of fused-ring (bicyclic) bond motifs is 1. The lowest BCUT2D eigenvalue weighted by molar-refractivity contribution is 0.0734. The van der Waals surface area contributed by atoms with Gasteiger partial charge in [-0.05, 0) is 148 Å². The summed E-state index contributed by atoms with van der Waals surface area (Å²) >= 11 is 2.93. The fourth-order valence-electron chi connectivity index (χ4n) is 7.96. The smallest absolute Gasteiger partial charge is 0.343 e. The highest BCUT2D eigenvalue weighted by Gasteiger charge is 2.31. The zero-order chi connectivity index (χ0) is 35.9. The van der Waals surface area contributed by atoms with Crippen molar-refractivity contribution in [2.75, 3.05) is 18.0 Å². The number of carbonyl (C=O) groups is 1. The van der Waals surface area contributed by atoms with Crippen LogP contribution in [0.2, 0.25) is 0 Å². The SMILES string of the molecule is CCC1CCC(C2CCC(c3ccc(C(=O)Oc4ccc(N=Nc5cc6sc(N=Nc7ccc(N(CC)CC)cc7)nc6s5)cc4)cc3)CC2)CC1. The van der Waals surface area contributed by atoms with Crippen LogP contribution >= 0.6 is 22.7 Å². The van der Waals surface area contributed by atoms with Gasteiger partial charge in [0.25, 0.3) is 0 Å². The molecule has 0 radical (unpaired) electrons. The number of thiazole rings is 1. The minimum absolute atomic E-state index is 0.356. The molecule has 270 valence electrons. The molecular formula is C42H48N6O2S2. The fourth-order valence-corrected chi connectivity index (χ4v) is 9.81. The number of azo groups is 2. The molecule has 0 bridgehead atoms. The second-order valence-electron chi connectivity index (χ2n) is 14.1. The van der Waals surface area contributed by atoms with Gasteiger partial charge in [-0.2, -0.15) is 0 Å². The van der Waals surface area contributed by atoms with Gasteiger partial charge in [0, 0.05) is 18.8 Å². The Bertz CT molecular complexity index is 1930. The van der Waals surface area contributed by atoms with E-state index in [4.69, 9.17) is 4.74 Å². The molecule has 3 aromatic carbocycles. The molecule has 0 aliphatic heterocycles. The zero-order valence-corrected chi connectivity index (χ0v) is 32.0. The second kappa shape index (κ2) is 17.0. The molecule has 5 aromatic rings. The summed E-state index contributed by atoms with van der Waals surface area (Å²) in [5.41, 5.74) is 4.55. The minimum atomic E-state index is -0.356. The molecule has 0 amide bonds. The largest absolute Gasteiger partial charge is 0.423 e. The number of carbonyl (C=O) groups excluding carboxylic acids is 1. The number of aromatic nitrogens is 1. The molecule has 0 N–H and O–H groups in total. The average Bonchev–Trinajstić information content (AvgIpc) is 3.77. The molecule has 0 unspecified atom stereocenters. The van der Waals surface area contributed by atoms with Crippen LogP contribution in [-0.2, 0) is 0 Å². The maximum absolute atomic E-state index is 12.9. The van der Waals surface area contributed by atoms with E-state index in [-0.39, 0.29) is 5.97 Å². The van der Waals surface area contributed by atoms with Crippen molar-refractivity contribution in [2.24, 2.45) is 38.2 Å². The van der Waals surface area contributed by atoms with E-state index in [2.05, 4.69) is 75.4 Å². The van der Waals surface area contributed by atoms with Gasteiger partial charge in [0.15, 0.2) is 0 Å². The zero-order valence-electron chi connectivity index (χ0n) is 30.4. The molecule has 52 heavy (non-hydrogen) atoms. The first-order chi connectivity index (χ1) is 25.5.